The van der Waals surface area contributed by atoms with Gasteiger partial charge in [-0.1, -0.05) is 13.0 Å². The summed E-state index contributed by atoms with van der Waals surface area (Å²) >= 11 is 0. The van der Waals surface area contributed by atoms with Gasteiger partial charge in [0.2, 0.25) is 5.91 Å². The number of nitrogens with two attached hydrogens (primary N) is 1. The van der Waals surface area contributed by atoms with Crippen LogP contribution >= 0.6 is 0 Å². The lowest BCUT2D eigenvalue weighted by molar-refractivity contribution is -0.142. The van der Waals surface area contributed by atoms with Gasteiger partial charge < -0.3 is 16.2 Å². The monoisotopic (exact) mass is 254 g/mol. The van der Waals surface area contributed by atoms with Gasteiger partial charge in [0.25, 0.3) is 0 Å². The summed E-state index contributed by atoms with van der Waals surface area (Å²) in [5, 5.41) is 11.4. The SMILES string of the molecule is CC(=O)NC(C(=O)O)C(C)c1ccc(N)c(F)c1. The van der Waals surface area contributed by atoms with Gasteiger partial charge in [-0.2, -0.15) is 0 Å². The van der Waals surface area contributed by atoms with Crippen molar-refractivity contribution in [2.75, 3.05) is 5.73 Å². The Morgan fingerprint density at radius 2 is 2.06 bits per heavy atom. The second-order valence-corrected chi connectivity index (χ2v) is 4.09. The molecule has 1 aromatic rings. The molecule has 18 heavy (non-hydrogen) atoms. The van der Waals surface area contributed by atoms with Crippen molar-refractivity contribution in [3.05, 3.63) is 29.6 Å². The van der Waals surface area contributed by atoms with Crippen LogP contribution in [-0.2, 0) is 9.59 Å². The zero-order chi connectivity index (χ0) is 13.9. The Balaban J connectivity index is 3.01. The topological polar surface area (TPSA) is 92.4 Å². The average Bonchev–Trinajstić information content (AvgIpc) is 2.28. The van der Waals surface area contributed by atoms with E-state index in [1.807, 2.05) is 0 Å². The molecule has 0 saturated heterocycles. The van der Waals surface area contributed by atoms with E-state index in [9.17, 15) is 14.0 Å². The first-order valence-corrected chi connectivity index (χ1v) is 5.37. The third-order valence-corrected chi connectivity index (χ3v) is 2.68. The quantitative estimate of drug-likeness (QED) is 0.701. The lowest BCUT2D eigenvalue weighted by atomic mass is 9.93. The number of nitrogen functional groups attached to an aromatic ring is 1. The summed E-state index contributed by atoms with van der Waals surface area (Å²) in [7, 11) is 0. The minimum absolute atomic E-state index is 0.00245. The maximum Gasteiger partial charge on any atom is 0.326 e. The van der Waals surface area contributed by atoms with Crippen LogP contribution in [0.3, 0.4) is 0 Å². The van der Waals surface area contributed by atoms with E-state index in [1.54, 1.807) is 13.0 Å². The smallest absolute Gasteiger partial charge is 0.326 e. The number of carboxylic acid groups (broad SMARTS) is 1. The number of benzene rings is 1. The van der Waals surface area contributed by atoms with Crippen molar-refractivity contribution in [3.63, 3.8) is 0 Å². The molecule has 0 bridgehead atoms. The van der Waals surface area contributed by atoms with Crippen LogP contribution in [-0.4, -0.2) is 23.0 Å². The van der Waals surface area contributed by atoms with E-state index in [-0.39, 0.29) is 5.69 Å². The van der Waals surface area contributed by atoms with Gasteiger partial charge in [0, 0.05) is 12.8 Å². The number of carbonyl (C=O) groups is 2. The van der Waals surface area contributed by atoms with E-state index >= 15 is 0 Å². The number of amides is 1. The Bertz CT molecular complexity index is 476. The minimum Gasteiger partial charge on any atom is -0.480 e. The molecule has 0 saturated carbocycles. The molecule has 0 aliphatic rings. The van der Waals surface area contributed by atoms with Crippen molar-refractivity contribution in [2.24, 2.45) is 0 Å². The average molecular weight is 254 g/mol. The van der Waals surface area contributed by atoms with Crippen LogP contribution in [0.2, 0.25) is 0 Å². The number of halogens is 1. The maximum absolute atomic E-state index is 13.3. The number of hydrogen-bond donors (Lipinski definition) is 3. The normalized spacial score (nSPS) is 13.7. The van der Waals surface area contributed by atoms with Crippen LogP contribution in [0, 0.1) is 5.82 Å². The fourth-order valence-corrected chi connectivity index (χ4v) is 1.64. The molecule has 5 nitrogen and oxygen atoms in total. The van der Waals surface area contributed by atoms with Gasteiger partial charge in [0.1, 0.15) is 11.9 Å². The summed E-state index contributed by atoms with van der Waals surface area (Å²) in [4.78, 5) is 22.0. The van der Waals surface area contributed by atoms with Crippen molar-refractivity contribution in [2.45, 2.75) is 25.8 Å². The molecule has 0 aliphatic heterocycles. The minimum atomic E-state index is -1.17. The Hall–Kier alpha value is -2.11. The van der Waals surface area contributed by atoms with Crippen molar-refractivity contribution in [1.82, 2.24) is 5.32 Å². The molecule has 1 amide bonds. The fraction of sp³-hybridized carbons (Fsp3) is 0.333. The fourth-order valence-electron chi connectivity index (χ4n) is 1.64. The highest BCUT2D eigenvalue weighted by molar-refractivity contribution is 5.83. The largest absolute Gasteiger partial charge is 0.480 e. The van der Waals surface area contributed by atoms with Crippen LogP contribution < -0.4 is 11.1 Å². The molecule has 4 N–H and O–H groups in total. The Labute approximate surface area is 104 Å². The van der Waals surface area contributed by atoms with Gasteiger partial charge in [-0.05, 0) is 17.7 Å². The highest BCUT2D eigenvalue weighted by Crippen LogP contribution is 2.22. The number of carboxylic acids is 1. The molecule has 0 aromatic heterocycles. The molecule has 0 radical (unpaired) electrons. The van der Waals surface area contributed by atoms with Crippen LogP contribution in [0.4, 0.5) is 10.1 Å². The Morgan fingerprint density at radius 1 is 1.44 bits per heavy atom. The van der Waals surface area contributed by atoms with Gasteiger partial charge in [-0.25, -0.2) is 9.18 Å². The molecular weight excluding hydrogens is 239 g/mol. The van der Waals surface area contributed by atoms with Crippen LogP contribution in [0.5, 0.6) is 0 Å². The van der Waals surface area contributed by atoms with E-state index in [4.69, 9.17) is 10.8 Å². The summed E-state index contributed by atoms with van der Waals surface area (Å²) in [5.41, 5.74) is 5.80. The van der Waals surface area contributed by atoms with Gasteiger partial charge in [-0.3, -0.25) is 4.79 Å². The van der Waals surface area contributed by atoms with Crippen LogP contribution in [0.1, 0.15) is 25.3 Å². The van der Waals surface area contributed by atoms with E-state index in [0.29, 0.717) is 5.56 Å². The van der Waals surface area contributed by atoms with E-state index < -0.39 is 29.7 Å². The molecule has 0 fully saturated rings. The maximum atomic E-state index is 13.3. The standard InChI is InChI=1S/C12H15FN2O3/c1-6(11(12(17)18)15-7(2)16)8-3-4-10(14)9(13)5-8/h3-6,11H,14H2,1-2H3,(H,15,16)(H,17,18). The van der Waals surface area contributed by atoms with Crippen molar-refractivity contribution in [1.29, 1.82) is 0 Å². The third kappa shape index (κ3) is 3.19. The molecule has 0 spiro atoms. The molecule has 0 heterocycles. The van der Waals surface area contributed by atoms with Crippen LogP contribution in [0.15, 0.2) is 18.2 Å². The summed E-state index contributed by atoms with van der Waals surface area (Å²) in [5.74, 6) is -2.80. The molecule has 6 heteroatoms. The summed E-state index contributed by atoms with van der Waals surface area (Å²) < 4.78 is 13.3. The van der Waals surface area contributed by atoms with E-state index in [2.05, 4.69) is 5.32 Å². The second-order valence-electron chi connectivity index (χ2n) is 4.09. The first-order valence-electron chi connectivity index (χ1n) is 5.37. The third-order valence-electron chi connectivity index (χ3n) is 2.68. The Kier molecular flexibility index (Phi) is 4.25. The summed E-state index contributed by atoms with van der Waals surface area (Å²) in [6.45, 7) is 2.83. The van der Waals surface area contributed by atoms with Crippen molar-refractivity contribution >= 4 is 17.6 Å². The number of hydrogen-bond acceptors (Lipinski definition) is 3. The highest BCUT2D eigenvalue weighted by atomic mass is 19.1. The van der Waals surface area contributed by atoms with Crippen LogP contribution in [0.25, 0.3) is 0 Å². The number of anilines is 1. The molecule has 2 atom stereocenters. The Morgan fingerprint density at radius 3 is 2.50 bits per heavy atom. The van der Waals surface area contributed by atoms with E-state index in [1.165, 1.54) is 19.1 Å². The predicted molar refractivity (Wildman–Crippen MR) is 64.5 cm³/mol. The lowest BCUT2D eigenvalue weighted by Crippen LogP contribution is -2.43. The molecule has 2 unspecified atom stereocenters. The van der Waals surface area contributed by atoms with Gasteiger partial charge in [0.05, 0.1) is 5.69 Å². The number of aliphatic carboxylic acids is 1. The van der Waals surface area contributed by atoms with Gasteiger partial charge in [0.15, 0.2) is 0 Å². The summed E-state index contributed by atoms with van der Waals surface area (Å²) in [6, 6.07) is 2.98. The molecule has 98 valence electrons. The second kappa shape index (κ2) is 5.48. The number of rotatable bonds is 4. The van der Waals surface area contributed by atoms with Crippen molar-refractivity contribution in [3.8, 4) is 0 Å². The molecule has 0 aliphatic carbocycles. The highest BCUT2D eigenvalue weighted by Gasteiger charge is 2.27. The van der Waals surface area contributed by atoms with Gasteiger partial charge in [-0.15, -0.1) is 0 Å². The zero-order valence-electron chi connectivity index (χ0n) is 10.1. The first kappa shape index (κ1) is 14.0. The van der Waals surface area contributed by atoms with Gasteiger partial charge >= 0.3 is 5.97 Å². The molecule has 1 rings (SSSR count). The van der Waals surface area contributed by atoms with Crippen molar-refractivity contribution < 1.29 is 19.1 Å². The molecule has 1 aromatic carbocycles. The predicted octanol–water partition coefficient (Wildman–Crippen LogP) is 1.10. The zero-order valence-corrected chi connectivity index (χ0v) is 10.1. The lowest BCUT2D eigenvalue weighted by Gasteiger charge is -2.21. The molecular formula is C12H15FN2O3. The summed E-state index contributed by atoms with van der Waals surface area (Å²) in [6.07, 6.45) is 0. The first-order chi connectivity index (χ1) is 8.32. The number of carbonyl (C=O) groups excluding carboxylic acids is 1. The number of nitrogens with one attached hydrogen (secondary N) is 1. The van der Waals surface area contributed by atoms with E-state index in [0.717, 1.165) is 0 Å².